The molecule has 0 spiro atoms. The van der Waals surface area contributed by atoms with Gasteiger partial charge in [0, 0.05) is 25.7 Å². The fourth-order valence-corrected chi connectivity index (χ4v) is 4.13. The molecule has 1 heterocycles. The van der Waals surface area contributed by atoms with Crippen molar-refractivity contribution in [1.29, 1.82) is 0 Å². The Kier molecular flexibility index (Phi) is 4.71. The fourth-order valence-electron chi connectivity index (χ4n) is 2.30. The second-order valence-electron chi connectivity index (χ2n) is 4.91. The molecule has 1 fully saturated rings. The van der Waals surface area contributed by atoms with E-state index in [2.05, 4.69) is 10.2 Å². The lowest BCUT2D eigenvalue weighted by molar-refractivity contribution is 0.235. The molecule has 1 aliphatic rings. The van der Waals surface area contributed by atoms with Gasteiger partial charge in [-0.2, -0.15) is 0 Å². The molecule has 1 aromatic rings. The van der Waals surface area contributed by atoms with Gasteiger partial charge in [-0.15, -0.1) is 0 Å². The van der Waals surface area contributed by atoms with Crippen LogP contribution in [0.1, 0.15) is 6.92 Å². The largest absolute Gasteiger partial charge is 0.383 e. The Balaban J connectivity index is 1.82. The van der Waals surface area contributed by atoms with Crippen molar-refractivity contribution in [2.24, 2.45) is 0 Å². The maximum absolute atomic E-state index is 11.5. The van der Waals surface area contributed by atoms with Gasteiger partial charge in [-0.25, -0.2) is 8.42 Å². The topological polar surface area (TPSA) is 49.4 Å². The number of nitrogens with one attached hydrogen (secondary N) is 1. The highest BCUT2D eigenvalue weighted by molar-refractivity contribution is 7.91. The van der Waals surface area contributed by atoms with E-state index in [4.69, 9.17) is 11.6 Å². The van der Waals surface area contributed by atoms with Crippen LogP contribution in [0.2, 0.25) is 5.02 Å². The van der Waals surface area contributed by atoms with E-state index in [1.165, 1.54) is 0 Å². The van der Waals surface area contributed by atoms with Gasteiger partial charge >= 0.3 is 0 Å². The van der Waals surface area contributed by atoms with Gasteiger partial charge in [0.05, 0.1) is 22.2 Å². The van der Waals surface area contributed by atoms with Crippen LogP contribution >= 0.6 is 11.6 Å². The Morgan fingerprint density at radius 2 is 2.16 bits per heavy atom. The molecule has 0 aliphatic carbocycles. The number of anilines is 1. The number of hydrogen-bond acceptors (Lipinski definition) is 4. The third-order valence-corrected chi connectivity index (χ3v) is 5.52. The molecule has 4 nitrogen and oxygen atoms in total. The van der Waals surface area contributed by atoms with Crippen LogP contribution in [0.25, 0.3) is 0 Å². The van der Waals surface area contributed by atoms with Crippen molar-refractivity contribution in [2.45, 2.75) is 13.0 Å². The molecule has 0 aromatic heterocycles. The minimum Gasteiger partial charge on any atom is -0.383 e. The lowest BCUT2D eigenvalue weighted by Gasteiger charge is -2.33. The summed E-state index contributed by atoms with van der Waals surface area (Å²) in [4.78, 5) is 2.20. The lowest BCUT2D eigenvalue weighted by Crippen LogP contribution is -2.48. The smallest absolute Gasteiger partial charge is 0.153 e. The summed E-state index contributed by atoms with van der Waals surface area (Å²) >= 11 is 6.06. The molecule has 0 saturated carbocycles. The summed E-state index contributed by atoms with van der Waals surface area (Å²) in [6, 6.07) is 7.70. The first kappa shape index (κ1) is 14.6. The van der Waals surface area contributed by atoms with Crippen LogP contribution in [0.15, 0.2) is 24.3 Å². The van der Waals surface area contributed by atoms with E-state index in [1.54, 1.807) is 0 Å². The first-order valence-corrected chi connectivity index (χ1v) is 8.61. The number of para-hydroxylation sites is 1. The van der Waals surface area contributed by atoms with Crippen LogP contribution < -0.4 is 5.32 Å². The molecule has 0 radical (unpaired) electrons. The zero-order valence-corrected chi connectivity index (χ0v) is 12.5. The molecule has 1 aromatic carbocycles. The van der Waals surface area contributed by atoms with Gasteiger partial charge in [0.1, 0.15) is 0 Å². The number of halogens is 1. The molecule has 1 unspecified atom stereocenters. The van der Waals surface area contributed by atoms with Crippen LogP contribution in [0.3, 0.4) is 0 Å². The Labute approximate surface area is 119 Å². The predicted molar refractivity (Wildman–Crippen MR) is 79.6 cm³/mol. The normalized spacial score (nSPS) is 23.2. The Hall–Kier alpha value is -0.780. The van der Waals surface area contributed by atoms with Gasteiger partial charge < -0.3 is 5.32 Å². The van der Waals surface area contributed by atoms with E-state index in [0.29, 0.717) is 11.6 Å². The summed E-state index contributed by atoms with van der Waals surface area (Å²) in [5, 5.41) is 3.98. The van der Waals surface area contributed by atoms with Gasteiger partial charge in [-0.1, -0.05) is 23.7 Å². The summed E-state index contributed by atoms with van der Waals surface area (Å²) in [6.45, 7) is 4.16. The molecular weight excluding hydrogens is 284 g/mol. The Morgan fingerprint density at radius 1 is 1.42 bits per heavy atom. The summed E-state index contributed by atoms with van der Waals surface area (Å²) in [5.74, 6) is 0.530. The van der Waals surface area contributed by atoms with Crippen molar-refractivity contribution in [3.63, 3.8) is 0 Å². The molecule has 2 rings (SSSR count). The van der Waals surface area contributed by atoms with E-state index in [0.717, 1.165) is 18.8 Å². The van der Waals surface area contributed by atoms with Gasteiger partial charge in [-0.3, -0.25) is 4.90 Å². The summed E-state index contributed by atoms with van der Waals surface area (Å²) in [5.41, 5.74) is 0.918. The van der Waals surface area contributed by atoms with Crippen LogP contribution in [0, 0.1) is 0 Å². The first-order chi connectivity index (χ1) is 8.98. The maximum Gasteiger partial charge on any atom is 0.153 e. The summed E-state index contributed by atoms with van der Waals surface area (Å²) in [7, 11) is -2.83. The zero-order chi connectivity index (χ0) is 13.9. The van der Waals surface area contributed by atoms with Gasteiger partial charge in [0.25, 0.3) is 0 Å². The summed E-state index contributed by atoms with van der Waals surface area (Å²) in [6.07, 6.45) is 0. The van der Waals surface area contributed by atoms with Crippen molar-refractivity contribution in [1.82, 2.24) is 4.90 Å². The van der Waals surface area contributed by atoms with E-state index >= 15 is 0 Å². The number of hydrogen-bond donors (Lipinski definition) is 1. The SMILES string of the molecule is CC1CS(=O)(=O)CCN1CCNc1ccccc1Cl. The highest BCUT2D eigenvalue weighted by Crippen LogP contribution is 2.20. The molecule has 0 amide bonds. The minimum absolute atomic E-state index is 0.0896. The van der Waals surface area contributed by atoms with Crippen molar-refractivity contribution < 1.29 is 8.42 Å². The second kappa shape index (κ2) is 6.11. The monoisotopic (exact) mass is 302 g/mol. The molecule has 0 bridgehead atoms. The molecule has 19 heavy (non-hydrogen) atoms. The number of rotatable bonds is 4. The average Bonchev–Trinajstić information content (AvgIpc) is 2.33. The number of nitrogens with zero attached hydrogens (tertiary/aromatic N) is 1. The van der Waals surface area contributed by atoms with Crippen molar-refractivity contribution in [3.8, 4) is 0 Å². The van der Waals surface area contributed by atoms with Crippen molar-refractivity contribution in [2.75, 3.05) is 36.5 Å². The van der Waals surface area contributed by atoms with Crippen molar-refractivity contribution in [3.05, 3.63) is 29.3 Å². The van der Waals surface area contributed by atoms with E-state index in [-0.39, 0.29) is 17.5 Å². The number of benzene rings is 1. The predicted octanol–water partition coefficient (Wildman–Crippen LogP) is 1.87. The minimum atomic E-state index is -2.83. The van der Waals surface area contributed by atoms with E-state index in [9.17, 15) is 8.42 Å². The lowest BCUT2D eigenvalue weighted by atomic mass is 10.3. The van der Waals surface area contributed by atoms with E-state index in [1.807, 2.05) is 31.2 Å². The van der Waals surface area contributed by atoms with Gasteiger partial charge in [-0.05, 0) is 19.1 Å². The highest BCUT2D eigenvalue weighted by atomic mass is 35.5. The molecular formula is C13H19ClN2O2S. The average molecular weight is 303 g/mol. The van der Waals surface area contributed by atoms with Crippen LogP contribution in [-0.2, 0) is 9.84 Å². The van der Waals surface area contributed by atoms with Gasteiger partial charge in [0.15, 0.2) is 9.84 Å². The maximum atomic E-state index is 11.5. The second-order valence-corrected chi connectivity index (χ2v) is 7.54. The standard InChI is InChI=1S/C13H19ClN2O2S/c1-11-10-19(17,18)9-8-16(11)7-6-15-13-5-3-2-4-12(13)14/h2-5,11,15H,6-10H2,1H3. The van der Waals surface area contributed by atoms with Gasteiger partial charge in [0.2, 0.25) is 0 Å². The molecule has 1 atom stereocenters. The Bertz CT molecular complexity index is 533. The highest BCUT2D eigenvalue weighted by Gasteiger charge is 2.27. The third kappa shape index (κ3) is 4.09. The molecule has 106 valence electrons. The molecule has 1 saturated heterocycles. The zero-order valence-electron chi connectivity index (χ0n) is 11.0. The molecule has 1 N–H and O–H groups in total. The first-order valence-electron chi connectivity index (χ1n) is 6.41. The van der Waals surface area contributed by atoms with Crippen LogP contribution in [0.5, 0.6) is 0 Å². The number of sulfone groups is 1. The Morgan fingerprint density at radius 3 is 2.84 bits per heavy atom. The summed E-state index contributed by atoms with van der Waals surface area (Å²) < 4.78 is 23.0. The molecule has 6 heteroatoms. The fraction of sp³-hybridized carbons (Fsp3) is 0.538. The quantitative estimate of drug-likeness (QED) is 0.922. The molecule has 1 aliphatic heterocycles. The van der Waals surface area contributed by atoms with Crippen LogP contribution in [0.4, 0.5) is 5.69 Å². The third-order valence-electron chi connectivity index (χ3n) is 3.40. The van der Waals surface area contributed by atoms with Crippen molar-refractivity contribution >= 4 is 27.1 Å². The van der Waals surface area contributed by atoms with E-state index < -0.39 is 9.84 Å². The van der Waals surface area contributed by atoms with Crippen LogP contribution in [-0.4, -0.2) is 50.5 Å².